The van der Waals surface area contributed by atoms with Crippen LogP contribution in [0.15, 0.2) is 18.2 Å². The standard InChI is InChI=1S/C11H15NO2/c1-3-8-5-6-9(10(13)7-8)11(14)12-4-2/h5-7,13H,3-4H2,1-2H3,(H,12,14). The Labute approximate surface area is 83.8 Å². The number of rotatable bonds is 3. The van der Waals surface area contributed by atoms with E-state index in [4.69, 9.17) is 0 Å². The molecule has 0 aliphatic rings. The van der Waals surface area contributed by atoms with Gasteiger partial charge >= 0.3 is 0 Å². The van der Waals surface area contributed by atoms with E-state index in [0.717, 1.165) is 12.0 Å². The summed E-state index contributed by atoms with van der Waals surface area (Å²) >= 11 is 0. The maximum absolute atomic E-state index is 11.4. The summed E-state index contributed by atoms with van der Waals surface area (Å²) in [5.74, 6) is -0.178. The highest BCUT2D eigenvalue weighted by Crippen LogP contribution is 2.18. The molecular formula is C11H15NO2. The van der Waals surface area contributed by atoms with Gasteiger partial charge < -0.3 is 10.4 Å². The van der Waals surface area contributed by atoms with E-state index in [0.29, 0.717) is 12.1 Å². The third-order valence-electron chi connectivity index (χ3n) is 2.05. The van der Waals surface area contributed by atoms with Crippen LogP contribution in [0.2, 0.25) is 0 Å². The summed E-state index contributed by atoms with van der Waals surface area (Å²) in [7, 11) is 0. The SMILES string of the molecule is CCNC(=O)c1ccc(CC)cc1O. The Bertz CT molecular complexity index is 334. The summed E-state index contributed by atoms with van der Waals surface area (Å²) in [6.07, 6.45) is 0.850. The molecule has 0 fully saturated rings. The number of hydrogen-bond donors (Lipinski definition) is 2. The number of carbonyl (C=O) groups is 1. The van der Waals surface area contributed by atoms with Gasteiger partial charge in [0.15, 0.2) is 0 Å². The van der Waals surface area contributed by atoms with E-state index >= 15 is 0 Å². The molecule has 14 heavy (non-hydrogen) atoms. The van der Waals surface area contributed by atoms with Crippen LogP contribution in [0.5, 0.6) is 5.75 Å². The predicted octanol–water partition coefficient (Wildman–Crippen LogP) is 1.70. The first-order valence-corrected chi connectivity index (χ1v) is 4.79. The molecule has 1 amide bonds. The van der Waals surface area contributed by atoms with Crippen molar-refractivity contribution in [3.8, 4) is 5.75 Å². The zero-order valence-electron chi connectivity index (χ0n) is 8.50. The predicted molar refractivity (Wildman–Crippen MR) is 55.5 cm³/mol. The molecule has 2 N–H and O–H groups in total. The van der Waals surface area contributed by atoms with Gasteiger partial charge in [0.05, 0.1) is 5.56 Å². The average molecular weight is 193 g/mol. The van der Waals surface area contributed by atoms with E-state index in [1.807, 2.05) is 19.9 Å². The summed E-state index contributed by atoms with van der Waals surface area (Å²) in [5.41, 5.74) is 1.36. The first-order valence-electron chi connectivity index (χ1n) is 4.79. The molecule has 0 atom stereocenters. The third-order valence-corrected chi connectivity index (χ3v) is 2.05. The minimum Gasteiger partial charge on any atom is -0.507 e. The molecule has 0 aliphatic carbocycles. The second-order valence-corrected chi connectivity index (χ2v) is 3.06. The maximum atomic E-state index is 11.4. The number of benzene rings is 1. The van der Waals surface area contributed by atoms with Gasteiger partial charge in [0.25, 0.3) is 5.91 Å². The zero-order chi connectivity index (χ0) is 10.6. The number of amides is 1. The van der Waals surface area contributed by atoms with Crippen LogP contribution >= 0.6 is 0 Å². The molecule has 0 saturated carbocycles. The summed E-state index contributed by atoms with van der Waals surface area (Å²) < 4.78 is 0. The van der Waals surface area contributed by atoms with Gasteiger partial charge in [-0.25, -0.2) is 0 Å². The Morgan fingerprint density at radius 2 is 2.14 bits per heavy atom. The Hall–Kier alpha value is -1.51. The van der Waals surface area contributed by atoms with E-state index in [9.17, 15) is 9.90 Å². The number of phenols is 1. The minimum absolute atomic E-state index is 0.0512. The zero-order valence-corrected chi connectivity index (χ0v) is 8.50. The lowest BCUT2D eigenvalue weighted by molar-refractivity contribution is 0.0953. The summed E-state index contributed by atoms with van der Waals surface area (Å²) in [5, 5.41) is 12.2. The molecule has 76 valence electrons. The first kappa shape index (κ1) is 10.6. The van der Waals surface area contributed by atoms with Crippen LogP contribution < -0.4 is 5.32 Å². The van der Waals surface area contributed by atoms with Gasteiger partial charge in [-0.3, -0.25) is 4.79 Å². The van der Waals surface area contributed by atoms with Crippen molar-refractivity contribution >= 4 is 5.91 Å². The lowest BCUT2D eigenvalue weighted by Gasteiger charge is -2.05. The quantitative estimate of drug-likeness (QED) is 0.767. The third kappa shape index (κ3) is 2.25. The smallest absolute Gasteiger partial charge is 0.255 e. The molecule has 0 bridgehead atoms. The monoisotopic (exact) mass is 193 g/mol. The molecule has 0 radical (unpaired) electrons. The largest absolute Gasteiger partial charge is 0.507 e. The number of nitrogens with one attached hydrogen (secondary N) is 1. The van der Waals surface area contributed by atoms with E-state index in [1.165, 1.54) is 0 Å². The molecular weight excluding hydrogens is 178 g/mol. The molecule has 3 nitrogen and oxygen atoms in total. The second kappa shape index (κ2) is 4.65. The van der Waals surface area contributed by atoms with Crippen molar-refractivity contribution in [3.05, 3.63) is 29.3 Å². The average Bonchev–Trinajstić information content (AvgIpc) is 2.17. The molecule has 1 aromatic rings. The molecule has 0 spiro atoms. The highest BCUT2D eigenvalue weighted by atomic mass is 16.3. The van der Waals surface area contributed by atoms with E-state index in [2.05, 4.69) is 5.32 Å². The van der Waals surface area contributed by atoms with Crippen LogP contribution in [-0.2, 0) is 6.42 Å². The lowest BCUT2D eigenvalue weighted by Crippen LogP contribution is -2.22. The highest BCUT2D eigenvalue weighted by Gasteiger charge is 2.09. The molecule has 0 heterocycles. The summed E-state index contributed by atoms with van der Waals surface area (Å²) in [6, 6.07) is 5.13. The fraction of sp³-hybridized carbons (Fsp3) is 0.364. The van der Waals surface area contributed by atoms with Crippen molar-refractivity contribution in [1.82, 2.24) is 5.32 Å². The van der Waals surface area contributed by atoms with Crippen molar-refractivity contribution < 1.29 is 9.90 Å². The van der Waals surface area contributed by atoms with Gasteiger partial charge in [-0.05, 0) is 31.0 Å². The van der Waals surface area contributed by atoms with E-state index in [-0.39, 0.29) is 11.7 Å². The highest BCUT2D eigenvalue weighted by molar-refractivity contribution is 5.96. The number of hydrogen-bond acceptors (Lipinski definition) is 2. The number of aryl methyl sites for hydroxylation is 1. The van der Waals surface area contributed by atoms with Crippen molar-refractivity contribution in [2.45, 2.75) is 20.3 Å². The Kier molecular flexibility index (Phi) is 3.51. The Balaban J connectivity index is 2.94. The number of aromatic hydroxyl groups is 1. The normalized spacial score (nSPS) is 9.86. The van der Waals surface area contributed by atoms with Crippen LogP contribution in [0.25, 0.3) is 0 Å². The van der Waals surface area contributed by atoms with E-state index in [1.54, 1.807) is 12.1 Å². The van der Waals surface area contributed by atoms with Crippen molar-refractivity contribution in [1.29, 1.82) is 0 Å². The Morgan fingerprint density at radius 3 is 2.64 bits per heavy atom. The minimum atomic E-state index is -0.229. The van der Waals surface area contributed by atoms with Gasteiger partial charge in [0, 0.05) is 6.54 Å². The fourth-order valence-corrected chi connectivity index (χ4v) is 1.24. The number of carbonyl (C=O) groups excluding carboxylic acids is 1. The van der Waals surface area contributed by atoms with Crippen LogP contribution in [0.3, 0.4) is 0 Å². The van der Waals surface area contributed by atoms with Gasteiger partial charge in [0.1, 0.15) is 5.75 Å². The van der Waals surface area contributed by atoms with Crippen LogP contribution in [0.1, 0.15) is 29.8 Å². The molecule has 0 unspecified atom stereocenters. The van der Waals surface area contributed by atoms with Crippen molar-refractivity contribution in [2.24, 2.45) is 0 Å². The van der Waals surface area contributed by atoms with Crippen molar-refractivity contribution in [3.63, 3.8) is 0 Å². The summed E-state index contributed by atoms with van der Waals surface area (Å²) in [6.45, 7) is 4.41. The van der Waals surface area contributed by atoms with Crippen LogP contribution in [0.4, 0.5) is 0 Å². The molecule has 1 aromatic carbocycles. The molecule has 0 aliphatic heterocycles. The maximum Gasteiger partial charge on any atom is 0.255 e. The van der Waals surface area contributed by atoms with Crippen molar-refractivity contribution in [2.75, 3.05) is 6.54 Å². The first-order chi connectivity index (χ1) is 6.69. The Morgan fingerprint density at radius 1 is 1.43 bits per heavy atom. The van der Waals surface area contributed by atoms with Gasteiger partial charge in [-0.1, -0.05) is 13.0 Å². The van der Waals surface area contributed by atoms with Gasteiger partial charge in [0.2, 0.25) is 0 Å². The van der Waals surface area contributed by atoms with E-state index < -0.39 is 0 Å². The van der Waals surface area contributed by atoms with Gasteiger partial charge in [-0.15, -0.1) is 0 Å². The topological polar surface area (TPSA) is 49.3 Å². The summed E-state index contributed by atoms with van der Waals surface area (Å²) in [4.78, 5) is 11.4. The second-order valence-electron chi connectivity index (χ2n) is 3.06. The lowest BCUT2D eigenvalue weighted by atomic mass is 10.1. The fourth-order valence-electron chi connectivity index (χ4n) is 1.24. The molecule has 0 saturated heterocycles. The molecule has 3 heteroatoms. The number of phenolic OH excluding ortho intramolecular Hbond substituents is 1. The van der Waals surface area contributed by atoms with Crippen LogP contribution in [-0.4, -0.2) is 17.6 Å². The molecule has 0 aromatic heterocycles. The van der Waals surface area contributed by atoms with Gasteiger partial charge in [-0.2, -0.15) is 0 Å². The van der Waals surface area contributed by atoms with Crippen LogP contribution in [0, 0.1) is 0 Å². The molecule has 1 rings (SSSR count).